The standard InChI is InChI=1S/C37H52O18S3/c1-19(2)14-29(38)53-32-31(55-58(47,48)49)30(54-57(44,45)46)27(18-50-56(42,43)24-9-6-20(3)7-10-24)52-35(32)51-23-15-25(34(40)41)26-12-13-37-16-22(21(4)33(37)39)8-11-28(37)36(26,5)17-23/h6-7,9-10,19,22-23,25-28,30-33,35,39H,4,8,11-18H2,1-3,5H3,(H,40,41)(H,44,45,46)(H,47,48,49)/t22?,23?,25?,26?,27-,28?,30-,31-,32?,33+,35+,36?,37?/m1/s1. The maximum atomic E-state index is 13.2. The van der Waals surface area contributed by atoms with E-state index in [0.717, 1.165) is 12.0 Å². The summed E-state index contributed by atoms with van der Waals surface area (Å²) in [5.74, 6) is -3.72. The summed E-state index contributed by atoms with van der Waals surface area (Å²) in [4.78, 5) is 25.9. The fourth-order valence-electron chi connectivity index (χ4n) is 10.7. The zero-order chi connectivity index (χ0) is 42.7. The van der Waals surface area contributed by atoms with Crippen molar-refractivity contribution in [1.82, 2.24) is 0 Å². The van der Waals surface area contributed by atoms with E-state index in [0.29, 0.717) is 31.2 Å². The van der Waals surface area contributed by atoms with Crippen molar-refractivity contribution in [2.75, 3.05) is 6.61 Å². The molecule has 1 aromatic rings. The average Bonchev–Trinajstić information content (AvgIpc) is 3.27. The van der Waals surface area contributed by atoms with Crippen molar-refractivity contribution in [1.29, 1.82) is 0 Å². The molecular weight excluding hydrogens is 829 g/mol. The summed E-state index contributed by atoms with van der Waals surface area (Å²) in [6.07, 6.45) is -9.52. The predicted molar refractivity (Wildman–Crippen MR) is 200 cm³/mol. The van der Waals surface area contributed by atoms with E-state index < -0.39 is 109 Å². The van der Waals surface area contributed by atoms with Crippen molar-refractivity contribution in [3.63, 3.8) is 0 Å². The number of rotatable bonds is 14. The number of carboxylic acid groups (broad SMARTS) is 1. The SMILES string of the molecule is C=C1C2CCC3C4(C)CC(O[C@H]5O[C@H](COS(=O)(=O)c6ccc(C)cc6)[C@@H](OS(=O)(=O)O)[C@@H](OS(=O)(=O)O)C5OC(=O)CC(C)C)CC(C(=O)O)C4CCC3(C2)[C@H]1O. The molecule has 1 heterocycles. The molecule has 5 aliphatic rings. The predicted octanol–water partition coefficient (Wildman–Crippen LogP) is 3.39. The number of fused-ring (bicyclic) bond motifs is 3. The van der Waals surface area contributed by atoms with Crippen molar-refractivity contribution >= 4 is 42.9 Å². The minimum Gasteiger partial charge on any atom is -0.481 e. The Bertz CT molecular complexity index is 2070. The molecule has 58 heavy (non-hydrogen) atoms. The molecule has 6 rings (SSSR count). The van der Waals surface area contributed by atoms with Crippen LogP contribution < -0.4 is 0 Å². The fraction of sp³-hybridized carbons (Fsp3) is 0.730. The van der Waals surface area contributed by atoms with Crippen LogP contribution in [0.15, 0.2) is 41.3 Å². The molecule has 0 aromatic heterocycles. The summed E-state index contributed by atoms with van der Waals surface area (Å²) < 4.78 is 128. The zero-order valence-electron chi connectivity index (χ0n) is 32.5. The van der Waals surface area contributed by atoms with Gasteiger partial charge in [-0.25, -0.2) is 8.37 Å². The Morgan fingerprint density at radius 3 is 2.19 bits per heavy atom. The number of aliphatic hydroxyl groups excluding tert-OH is 1. The van der Waals surface area contributed by atoms with Crippen LogP contribution in [0.5, 0.6) is 0 Å². The Morgan fingerprint density at radius 2 is 1.59 bits per heavy atom. The van der Waals surface area contributed by atoms with Gasteiger partial charge in [0.1, 0.15) is 12.2 Å². The molecule has 18 nitrogen and oxygen atoms in total. The minimum atomic E-state index is -5.58. The van der Waals surface area contributed by atoms with Crippen LogP contribution in [0.2, 0.25) is 0 Å². The first kappa shape index (κ1) is 45.0. The van der Waals surface area contributed by atoms with Gasteiger partial charge in [0, 0.05) is 11.8 Å². The second kappa shape index (κ2) is 16.4. The molecule has 21 heteroatoms. The van der Waals surface area contributed by atoms with E-state index in [2.05, 4.69) is 6.58 Å². The van der Waals surface area contributed by atoms with Crippen molar-refractivity contribution in [3.05, 3.63) is 42.0 Å². The molecule has 1 saturated heterocycles. The van der Waals surface area contributed by atoms with E-state index in [1.165, 1.54) is 24.3 Å². The van der Waals surface area contributed by atoms with Gasteiger partial charge in [-0.05, 0) is 98.7 Å². The normalized spacial score (nSPS) is 37.9. The number of aliphatic hydroxyl groups is 1. The van der Waals surface area contributed by atoms with E-state index in [9.17, 15) is 54.2 Å². The number of carbonyl (C=O) groups excluding carboxylic acids is 1. The van der Waals surface area contributed by atoms with Gasteiger partial charge in [0.15, 0.2) is 18.5 Å². The third-order valence-corrected chi connectivity index (χ3v) is 15.2. The second-order valence-corrected chi connectivity index (χ2v) is 20.9. The molecule has 4 saturated carbocycles. The van der Waals surface area contributed by atoms with Gasteiger partial charge in [-0.2, -0.15) is 25.3 Å². The lowest BCUT2D eigenvalue weighted by Crippen LogP contribution is -2.64. The van der Waals surface area contributed by atoms with Crippen molar-refractivity contribution in [3.8, 4) is 0 Å². The molecule has 0 amide bonds. The van der Waals surface area contributed by atoms with Crippen LogP contribution in [0.1, 0.15) is 77.7 Å². The summed E-state index contributed by atoms with van der Waals surface area (Å²) in [6, 6.07) is 5.43. The molecule has 1 aromatic carbocycles. The Kier molecular flexibility index (Phi) is 12.7. The van der Waals surface area contributed by atoms with Crippen LogP contribution in [0.4, 0.5) is 0 Å². The number of hydrogen-bond acceptors (Lipinski definition) is 15. The first-order valence-electron chi connectivity index (χ1n) is 19.2. The molecule has 1 spiro atoms. The van der Waals surface area contributed by atoms with Crippen LogP contribution in [-0.4, -0.2) is 106 Å². The van der Waals surface area contributed by atoms with Gasteiger partial charge >= 0.3 is 32.7 Å². The number of benzene rings is 1. The molecule has 2 bridgehead atoms. The van der Waals surface area contributed by atoms with Crippen molar-refractivity contribution in [2.45, 2.75) is 127 Å². The minimum absolute atomic E-state index is 0.0997. The fourth-order valence-corrected chi connectivity index (χ4v) is 12.7. The molecule has 5 fully saturated rings. The molecule has 4 N–H and O–H groups in total. The summed E-state index contributed by atoms with van der Waals surface area (Å²) >= 11 is 0. The summed E-state index contributed by atoms with van der Waals surface area (Å²) in [5.41, 5.74) is 0.208. The summed E-state index contributed by atoms with van der Waals surface area (Å²) in [6.45, 7) is 10.1. The first-order valence-corrected chi connectivity index (χ1v) is 23.3. The van der Waals surface area contributed by atoms with Gasteiger partial charge < -0.3 is 24.4 Å². The van der Waals surface area contributed by atoms with Crippen LogP contribution in [0.25, 0.3) is 0 Å². The highest BCUT2D eigenvalue weighted by Gasteiger charge is 2.67. The monoisotopic (exact) mass is 880 g/mol. The van der Waals surface area contributed by atoms with Gasteiger partial charge in [0.2, 0.25) is 0 Å². The maximum absolute atomic E-state index is 13.2. The lowest BCUT2D eigenvalue weighted by atomic mass is 9.43. The maximum Gasteiger partial charge on any atom is 0.397 e. The lowest BCUT2D eigenvalue weighted by Gasteiger charge is -2.62. The molecule has 326 valence electrons. The molecule has 4 aliphatic carbocycles. The Labute approximate surface area is 338 Å². The zero-order valence-corrected chi connectivity index (χ0v) is 35.0. The van der Waals surface area contributed by atoms with Crippen molar-refractivity contribution < 1.29 is 80.9 Å². The quantitative estimate of drug-likeness (QED) is 0.0685. The molecule has 1 aliphatic heterocycles. The van der Waals surface area contributed by atoms with E-state index in [1.807, 2.05) is 6.92 Å². The van der Waals surface area contributed by atoms with Crippen LogP contribution in [-0.2, 0) is 67.3 Å². The number of aliphatic carboxylic acids is 1. The third kappa shape index (κ3) is 9.19. The smallest absolute Gasteiger partial charge is 0.397 e. The van der Waals surface area contributed by atoms with Gasteiger partial charge in [0.25, 0.3) is 10.1 Å². The molecular formula is C37H52O18S3. The Balaban J connectivity index is 1.39. The number of hydrogen-bond donors (Lipinski definition) is 4. The van der Waals surface area contributed by atoms with Crippen LogP contribution in [0, 0.1) is 47.3 Å². The number of aryl methyl sites for hydroxylation is 1. The van der Waals surface area contributed by atoms with Gasteiger partial charge in [-0.3, -0.25) is 22.9 Å². The number of carboxylic acids is 1. The first-order chi connectivity index (χ1) is 26.8. The number of carbonyl (C=O) groups is 2. The van der Waals surface area contributed by atoms with Gasteiger partial charge in [-0.15, -0.1) is 0 Å². The summed E-state index contributed by atoms with van der Waals surface area (Å²) in [7, 11) is -15.7. The highest BCUT2D eigenvalue weighted by atomic mass is 32.3. The van der Waals surface area contributed by atoms with E-state index in [4.69, 9.17) is 26.8 Å². The van der Waals surface area contributed by atoms with Crippen molar-refractivity contribution in [2.24, 2.45) is 40.4 Å². The Morgan fingerprint density at radius 1 is 0.948 bits per heavy atom. The molecule has 0 radical (unpaired) electrons. The molecule has 8 unspecified atom stereocenters. The largest absolute Gasteiger partial charge is 0.481 e. The molecule has 13 atom stereocenters. The van der Waals surface area contributed by atoms with Gasteiger partial charge in [0.05, 0.1) is 29.6 Å². The van der Waals surface area contributed by atoms with Crippen LogP contribution in [0.3, 0.4) is 0 Å². The van der Waals surface area contributed by atoms with E-state index >= 15 is 0 Å². The topological polar surface area (TPSA) is 273 Å². The van der Waals surface area contributed by atoms with Gasteiger partial charge in [-0.1, -0.05) is 45.0 Å². The highest BCUT2D eigenvalue weighted by molar-refractivity contribution is 7.86. The second-order valence-electron chi connectivity index (χ2n) is 17.2. The average molecular weight is 881 g/mol. The third-order valence-electron chi connectivity index (χ3n) is 13.0. The van der Waals surface area contributed by atoms with E-state index in [-0.39, 0.29) is 47.8 Å². The number of esters is 1. The Hall–Kier alpha value is -2.57. The highest BCUT2D eigenvalue weighted by Crippen LogP contribution is 2.70. The van der Waals surface area contributed by atoms with Crippen LogP contribution >= 0.6 is 0 Å². The summed E-state index contributed by atoms with van der Waals surface area (Å²) in [5, 5.41) is 22.2. The van der Waals surface area contributed by atoms with E-state index in [1.54, 1.807) is 20.8 Å². The lowest BCUT2D eigenvalue weighted by molar-refractivity contribution is -0.315. The number of ether oxygens (including phenoxy) is 3.